The molecule has 0 aliphatic rings. The number of aromatic amines is 1. The van der Waals surface area contributed by atoms with Crippen molar-refractivity contribution in [2.24, 2.45) is 0 Å². The lowest BCUT2D eigenvalue weighted by Gasteiger charge is -2.02. The van der Waals surface area contributed by atoms with Gasteiger partial charge in [-0.2, -0.15) is 10.4 Å². The lowest BCUT2D eigenvalue weighted by Crippen LogP contribution is -2.14. The number of aromatic nitrogens is 3. The van der Waals surface area contributed by atoms with Crippen molar-refractivity contribution >= 4 is 34.3 Å². The number of nitrogens with zero attached hydrogens (tertiary/aromatic N) is 3. The molecule has 21 heavy (non-hydrogen) atoms. The van der Waals surface area contributed by atoms with E-state index in [2.05, 4.69) is 20.5 Å². The topological polar surface area (TPSA) is 108 Å². The zero-order valence-corrected chi connectivity index (χ0v) is 11.5. The molecule has 7 nitrogen and oxygen atoms in total. The van der Waals surface area contributed by atoms with Gasteiger partial charge in [0, 0.05) is 5.39 Å². The van der Waals surface area contributed by atoms with E-state index in [-0.39, 0.29) is 17.4 Å². The Morgan fingerprint density at radius 3 is 3.10 bits per heavy atom. The van der Waals surface area contributed by atoms with Gasteiger partial charge in [-0.25, -0.2) is 4.98 Å². The molecule has 0 atom stereocenters. The van der Waals surface area contributed by atoms with Gasteiger partial charge < -0.3 is 9.73 Å². The van der Waals surface area contributed by atoms with Crippen LogP contribution in [0.25, 0.3) is 11.0 Å². The highest BCUT2D eigenvalue weighted by molar-refractivity contribution is 7.99. The molecule has 104 valence electrons. The molecule has 1 amide bonds. The summed E-state index contributed by atoms with van der Waals surface area (Å²) in [7, 11) is 0. The summed E-state index contributed by atoms with van der Waals surface area (Å²) in [5.41, 5.74) is 0.962. The Bertz CT molecular complexity index is 819. The Labute approximate surface area is 123 Å². The molecule has 2 aromatic heterocycles. The molecule has 0 unspecified atom stereocenters. The van der Waals surface area contributed by atoms with Crippen molar-refractivity contribution in [1.82, 2.24) is 15.2 Å². The first-order valence-electron chi connectivity index (χ1n) is 5.97. The lowest BCUT2D eigenvalue weighted by molar-refractivity contribution is -0.113. The fraction of sp³-hybridized carbons (Fsp3) is 0.0769. The average Bonchev–Trinajstić information content (AvgIpc) is 3.13. The fourth-order valence-electron chi connectivity index (χ4n) is 1.82. The van der Waals surface area contributed by atoms with Crippen LogP contribution in [0.1, 0.15) is 5.76 Å². The van der Waals surface area contributed by atoms with Crippen LogP contribution in [0.2, 0.25) is 0 Å². The third kappa shape index (κ3) is 2.73. The Morgan fingerprint density at radius 2 is 2.33 bits per heavy atom. The molecule has 8 heteroatoms. The number of thioether (sulfide) groups is 1. The summed E-state index contributed by atoms with van der Waals surface area (Å²) in [4.78, 5) is 15.9. The molecular formula is C13H9N5O2S. The summed E-state index contributed by atoms with van der Waals surface area (Å²) >= 11 is 1.22. The summed E-state index contributed by atoms with van der Waals surface area (Å²) in [5.74, 6) is -0.00629. The molecule has 3 rings (SSSR count). The maximum absolute atomic E-state index is 12.0. The smallest absolute Gasteiger partial charge is 0.234 e. The van der Waals surface area contributed by atoms with E-state index in [1.165, 1.54) is 18.1 Å². The molecule has 0 spiro atoms. The van der Waals surface area contributed by atoms with Crippen LogP contribution >= 0.6 is 11.8 Å². The summed E-state index contributed by atoms with van der Waals surface area (Å²) < 4.78 is 5.39. The molecule has 3 aromatic rings. The highest BCUT2D eigenvalue weighted by atomic mass is 32.2. The zero-order chi connectivity index (χ0) is 14.7. The van der Waals surface area contributed by atoms with Gasteiger partial charge in [-0.05, 0) is 12.1 Å². The molecular weight excluding hydrogens is 290 g/mol. The first kappa shape index (κ1) is 13.2. The van der Waals surface area contributed by atoms with Gasteiger partial charge in [-0.15, -0.1) is 0 Å². The molecule has 2 N–H and O–H groups in total. The second-order valence-corrected chi connectivity index (χ2v) is 5.01. The Kier molecular flexibility index (Phi) is 3.57. The molecule has 0 radical (unpaired) electrons. The Hall–Kier alpha value is -2.79. The van der Waals surface area contributed by atoms with E-state index < -0.39 is 0 Å². The van der Waals surface area contributed by atoms with Crippen molar-refractivity contribution in [3.05, 3.63) is 36.4 Å². The number of nitrogens with one attached hydrogen (secondary N) is 2. The number of H-pyrrole nitrogens is 1. The summed E-state index contributed by atoms with van der Waals surface area (Å²) in [6, 6.07) is 9.10. The third-order valence-electron chi connectivity index (χ3n) is 2.69. The van der Waals surface area contributed by atoms with Crippen molar-refractivity contribution in [1.29, 1.82) is 5.26 Å². The van der Waals surface area contributed by atoms with Gasteiger partial charge in [0.2, 0.25) is 11.7 Å². The number of anilines is 1. The Balaban J connectivity index is 1.78. The zero-order valence-electron chi connectivity index (χ0n) is 10.7. The first-order valence-corrected chi connectivity index (χ1v) is 6.96. The van der Waals surface area contributed by atoms with Gasteiger partial charge in [0.1, 0.15) is 23.7 Å². The first-order chi connectivity index (χ1) is 10.3. The van der Waals surface area contributed by atoms with Crippen LogP contribution in [-0.4, -0.2) is 26.8 Å². The summed E-state index contributed by atoms with van der Waals surface area (Å²) in [5, 5.41) is 19.4. The van der Waals surface area contributed by atoms with Gasteiger partial charge in [0.15, 0.2) is 5.16 Å². The van der Waals surface area contributed by atoms with E-state index in [1.807, 2.05) is 12.1 Å². The average molecular weight is 299 g/mol. The van der Waals surface area contributed by atoms with Crippen LogP contribution in [0.3, 0.4) is 0 Å². The largest absolute Gasteiger partial charge is 0.443 e. The van der Waals surface area contributed by atoms with Crippen LogP contribution in [0.4, 0.5) is 5.69 Å². The minimum Gasteiger partial charge on any atom is -0.443 e. The van der Waals surface area contributed by atoms with Crippen molar-refractivity contribution in [3.8, 4) is 6.07 Å². The van der Waals surface area contributed by atoms with Gasteiger partial charge >= 0.3 is 0 Å². The van der Waals surface area contributed by atoms with E-state index >= 15 is 0 Å². The standard InChI is InChI=1S/C13H9N5O2S/c14-5-10-12(8-3-1-2-4-9(8)20-10)17-11(19)6-21-13-15-7-16-18-13/h1-4,7H,6H2,(H,17,19)(H,15,16,18). The number of para-hydroxylation sites is 1. The maximum atomic E-state index is 12.0. The van der Waals surface area contributed by atoms with Crippen LogP contribution in [0.5, 0.6) is 0 Å². The number of hydrogen-bond acceptors (Lipinski definition) is 6. The third-order valence-corrected chi connectivity index (χ3v) is 3.57. The molecule has 0 aliphatic carbocycles. The summed E-state index contributed by atoms with van der Waals surface area (Å²) in [6.07, 6.45) is 1.37. The molecule has 0 bridgehead atoms. The predicted octanol–water partition coefficient (Wildman–Crippen LogP) is 2.15. The van der Waals surface area contributed by atoms with Crippen LogP contribution in [0, 0.1) is 11.3 Å². The monoisotopic (exact) mass is 299 g/mol. The molecule has 0 saturated carbocycles. The Morgan fingerprint density at radius 1 is 1.48 bits per heavy atom. The van der Waals surface area contributed by atoms with Crippen molar-refractivity contribution in [3.63, 3.8) is 0 Å². The number of furan rings is 1. The molecule has 2 heterocycles. The number of fused-ring (bicyclic) bond motifs is 1. The number of hydrogen-bond donors (Lipinski definition) is 2. The minimum absolute atomic E-state index is 0.0919. The molecule has 1 aromatic carbocycles. The highest BCUT2D eigenvalue weighted by Crippen LogP contribution is 2.30. The van der Waals surface area contributed by atoms with Crippen molar-refractivity contribution in [2.75, 3.05) is 11.1 Å². The number of benzene rings is 1. The normalized spacial score (nSPS) is 10.4. The SMILES string of the molecule is N#Cc1oc2ccccc2c1NC(=O)CSc1ncn[nH]1. The molecule has 0 saturated heterocycles. The van der Waals surface area contributed by atoms with E-state index in [9.17, 15) is 4.79 Å². The van der Waals surface area contributed by atoms with Crippen LogP contribution < -0.4 is 5.32 Å². The molecule has 0 aliphatic heterocycles. The van der Waals surface area contributed by atoms with E-state index in [0.29, 0.717) is 21.8 Å². The number of rotatable bonds is 4. The minimum atomic E-state index is -0.251. The van der Waals surface area contributed by atoms with Gasteiger partial charge in [-0.1, -0.05) is 23.9 Å². The van der Waals surface area contributed by atoms with Gasteiger partial charge in [-0.3, -0.25) is 9.89 Å². The van der Waals surface area contributed by atoms with Crippen LogP contribution in [0.15, 0.2) is 40.2 Å². The van der Waals surface area contributed by atoms with Crippen molar-refractivity contribution in [2.45, 2.75) is 5.16 Å². The fourth-order valence-corrected chi connectivity index (χ4v) is 2.40. The lowest BCUT2D eigenvalue weighted by atomic mass is 10.2. The van der Waals surface area contributed by atoms with E-state index in [1.54, 1.807) is 18.2 Å². The van der Waals surface area contributed by atoms with E-state index in [0.717, 1.165) is 0 Å². The maximum Gasteiger partial charge on any atom is 0.234 e. The quantitative estimate of drug-likeness (QED) is 0.715. The predicted molar refractivity (Wildman–Crippen MR) is 76.7 cm³/mol. The van der Waals surface area contributed by atoms with Crippen LogP contribution in [-0.2, 0) is 4.79 Å². The second kappa shape index (κ2) is 5.68. The molecule has 0 fully saturated rings. The number of carbonyl (C=O) groups is 1. The van der Waals surface area contributed by atoms with E-state index in [4.69, 9.17) is 9.68 Å². The highest BCUT2D eigenvalue weighted by Gasteiger charge is 2.16. The van der Waals surface area contributed by atoms with Gasteiger partial charge in [0.25, 0.3) is 0 Å². The number of nitriles is 1. The summed E-state index contributed by atoms with van der Waals surface area (Å²) in [6.45, 7) is 0. The number of carbonyl (C=O) groups excluding carboxylic acids is 1. The second-order valence-electron chi connectivity index (χ2n) is 4.04. The number of amides is 1. The van der Waals surface area contributed by atoms with Gasteiger partial charge in [0.05, 0.1) is 5.75 Å². The van der Waals surface area contributed by atoms with Crippen molar-refractivity contribution < 1.29 is 9.21 Å².